The first-order chi connectivity index (χ1) is 23.0. The van der Waals surface area contributed by atoms with E-state index in [-0.39, 0.29) is 37.1 Å². The van der Waals surface area contributed by atoms with Crippen LogP contribution in [0, 0.1) is 5.92 Å². The molecule has 0 spiro atoms. The number of amides is 4. The van der Waals surface area contributed by atoms with E-state index < -0.39 is 41.4 Å². The Balaban J connectivity index is 1.46. The molecule has 2 aromatic carbocycles. The van der Waals surface area contributed by atoms with Gasteiger partial charge in [0.05, 0.1) is 32.9 Å². The molecule has 0 saturated carbocycles. The maximum Gasteiger partial charge on any atom is 0.243 e. The third kappa shape index (κ3) is 11.8. The Morgan fingerprint density at radius 1 is 0.792 bits per heavy atom. The van der Waals surface area contributed by atoms with Crippen LogP contribution in [0.1, 0.15) is 44.7 Å². The number of nitrogens with zero attached hydrogens (tertiary/aromatic N) is 1. The van der Waals surface area contributed by atoms with Crippen molar-refractivity contribution in [1.82, 2.24) is 26.2 Å². The zero-order valence-electron chi connectivity index (χ0n) is 28.2. The molecular formula is C36H49N5O7. The molecule has 0 radical (unpaired) electrons. The third-order valence-electron chi connectivity index (χ3n) is 8.53. The predicted molar refractivity (Wildman–Crippen MR) is 180 cm³/mol. The summed E-state index contributed by atoms with van der Waals surface area (Å²) in [6.45, 7) is 8.11. The summed E-state index contributed by atoms with van der Waals surface area (Å²) in [6, 6.07) is 16.0. The number of hydrogen-bond donors (Lipinski definition) is 4. The molecule has 2 aliphatic heterocycles. The number of Topliss-reactive ketones (excluding diaryl/α,β-unsaturated/α-hetero) is 1. The Morgan fingerprint density at radius 3 is 1.98 bits per heavy atom. The molecule has 12 heteroatoms. The molecule has 4 N–H and O–H groups in total. The van der Waals surface area contributed by atoms with Crippen LogP contribution in [0.4, 0.5) is 0 Å². The van der Waals surface area contributed by atoms with Crippen molar-refractivity contribution >= 4 is 29.4 Å². The van der Waals surface area contributed by atoms with Gasteiger partial charge in [0.2, 0.25) is 23.6 Å². The summed E-state index contributed by atoms with van der Waals surface area (Å²) in [5, 5.41) is 11.3. The molecule has 2 heterocycles. The zero-order valence-corrected chi connectivity index (χ0v) is 28.2. The minimum Gasteiger partial charge on any atom is -0.379 e. The van der Waals surface area contributed by atoms with Crippen LogP contribution < -0.4 is 21.3 Å². The highest BCUT2D eigenvalue weighted by atomic mass is 16.6. The van der Waals surface area contributed by atoms with Gasteiger partial charge in [-0.1, -0.05) is 74.5 Å². The Morgan fingerprint density at radius 2 is 1.38 bits per heavy atom. The molecule has 48 heavy (non-hydrogen) atoms. The number of benzene rings is 2. The number of rotatable bonds is 18. The maximum atomic E-state index is 13.8. The first-order valence-corrected chi connectivity index (χ1v) is 16.8. The van der Waals surface area contributed by atoms with Gasteiger partial charge in [0.25, 0.3) is 0 Å². The maximum absolute atomic E-state index is 13.8. The van der Waals surface area contributed by atoms with Crippen molar-refractivity contribution in [3.05, 3.63) is 71.8 Å². The van der Waals surface area contributed by atoms with E-state index >= 15 is 0 Å². The van der Waals surface area contributed by atoms with Crippen molar-refractivity contribution in [2.45, 2.75) is 70.2 Å². The lowest BCUT2D eigenvalue weighted by Crippen LogP contribution is -2.58. The minimum atomic E-state index is -1.01. The number of ketones is 1. The second-order valence-electron chi connectivity index (χ2n) is 13.1. The van der Waals surface area contributed by atoms with Crippen molar-refractivity contribution in [3.8, 4) is 0 Å². The van der Waals surface area contributed by atoms with Crippen LogP contribution in [0.15, 0.2) is 60.7 Å². The molecule has 4 rings (SSSR count). The normalized spacial score (nSPS) is 19.4. The summed E-state index contributed by atoms with van der Waals surface area (Å²) in [4.78, 5) is 68.5. The lowest BCUT2D eigenvalue weighted by Gasteiger charge is -2.28. The Labute approximate surface area is 282 Å². The molecule has 12 nitrogen and oxygen atoms in total. The molecule has 2 fully saturated rings. The Kier molecular flexibility index (Phi) is 13.7. The van der Waals surface area contributed by atoms with Gasteiger partial charge in [0.1, 0.15) is 23.7 Å². The summed E-state index contributed by atoms with van der Waals surface area (Å²) in [5.41, 5.74) is 0.951. The summed E-state index contributed by atoms with van der Waals surface area (Å²) in [7, 11) is 0. The average Bonchev–Trinajstić information content (AvgIpc) is 3.84. The monoisotopic (exact) mass is 663 g/mol. The van der Waals surface area contributed by atoms with Crippen LogP contribution in [-0.4, -0.2) is 104 Å². The van der Waals surface area contributed by atoms with Gasteiger partial charge in [-0.2, -0.15) is 0 Å². The standard InChI is InChI=1S/C36H49N5O7/c1-25(2)20-29(35(46)40-30(21-27-12-8-5-9-13-27)33(44)37-22-31(42)36(3)24-48-36)39-34(45)28(15-14-26-10-6-4-7-11-26)38-32(43)23-41-16-18-47-19-17-41/h4-13,25,28-30H,14-24H2,1-3H3,(H,37,44)(H,38,43)(H,39,45)(H,40,46)/t28-,29?,30-,36?/m0/s1. The fraction of sp³-hybridized carbons (Fsp3) is 0.528. The van der Waals surface area contributed by atoms with E-state index in [0.717, 1.165) is 11.1 Å². The highest BCUT2D eigenvalue weighted by Crippen LogP contribution is 2.26. The lowest BCUT2D eigenvalue weighted by atomic mass is 9.99. The van der Waals surface area contributed by atoms with Crippen molar-refractivity contribution in [3.63, 3.8) is 0 Å². The van der Waals surface area contributed by atoms with E-state index in [4.69, 9.17) is 9.47 Å². The van der Waals surface area contributed by atoms with Gasteiger partial charge >= 0.3 is 0 Å². The van der Waals surface area contributed by atoms with Gasteiger partial charge in [-0.25, -0.2) is 0 Å². The molecule has 0 aromatic heterocycles. The number of carbonyl (C=O) groups is 5. The van der Waals surface area contributed by atoms with Crippen molar-refractivity contribution in [1.29, 1.82) is 0 Å². The topological polar surface area (TPSA) is 158 Å². The van der Waals surface area contributed by atoms with Crippen LogP contribution in [-0.2, 0) is 46.3 Å². The van der Waals surface area contributed by atoms with E-state index in [1.165, 1.54) is 0 Å². The van der Waals surface area contributed by atoms with E-state index in [0.29, 0.717) is 52.2 Å². The molecule has 4 amide bonds. The van der Waals surface area contributed by atoms with Gasteiger partial charge in [0.15, 0.2) is 5.78 Å². The fourth-order valence-corrected chi connectivity index (χ4v) is 5.48. The highest BCUT2D eigenvalue weighted by molar-refractivity contribution is 5.97. The predicted octanol–water partition coefficient (Wildman–Crippen LogP) is 1.17. The average molecular weight is 664 g/mol. The Hall–Kier alpha value is -4.13. The minimum absolute atomic E-state index is 0.0260. The second kappa shape index (κ2) is 17.9. The molecule has 0 aliphatic carbocycles. The first-order valence-electron chi connectivity index (χ1n) is 16.8. The van der Waals surface area contributed by atoms with Crippen LogP contribution in [0.5, 0.6) is 0 Å². The fourth-order valence-electron chi connectivity index (χ4n) is 5.48. The number of morpholine rings is 1. The van der Waals surface area contributed by atoms with Crippen LogP contribution in [0.25, 0.3) is 0 Å². The van der Waals surface area contributed by atoms with Crippen molar-refractivity contribution < 1.29 is 33.4 Å². The number of epoxide rings is 1. The number of hydrogen-bond acceptors (Lipinski definition) is 8. The van der Waals surface area contributed by atoms with Gasteiger partial charge in [-0.3, -0.25) is 28.9 Å². The van der Waals surface area contributed by atoms with Gasteiger partial charge < -0.3 is 30.7 Å². The summed E-state index contributed by atoms with van der Waals surface area (Å²) in [5.74, 6) is -2.03. The van der Waals surface area contributed by atoms with Gasteiger partial charge in [0, 0.05) is 19.5 Å². The first kappa shape index (κ1) is 36.7. The number of aryl methyl sites for hydroxylation is 1. The zero-order chi connectivity index (χ0) is 34.5. The molecular weight excluding hydrogens is 614 g/mol. The largest absolute Gasteiger partial charge is 0.379 e. The molecule has 2 saturated heterocycles. The van der Waals surface area contributed by atoms with Crippen LogP contribution in [0.3, 0.4) is 0 Å². The lowest BCUT2D eigenvalue weighted by molar-refractivity contribution is -0.134. The Bertz CT molecular complexity index is 1380. The van der Waals surface area contributed by atoms with Crippen molar-refractivity contribution in [2.24, 2.45) is 5.92 Å². The number of nitrogens with one attached hydrogen (secondary N) is 4. The van der Waals surface area contributed by atoms with Gasteiger partial charge in [-0.15, -0.1) is 0 Å². The molecule has 4 atom stereocenters. The highest BCUT2D eigenvalue weighted by Gasteiger charge is 2.46. The van der Waals surface area contributed by atoms with E-state index in [1.807, 2.05) is 79.4 Å². The SMILES string of the molecule is CC(C)CC(NC(=O)[C@H](CCc1ccccc1)NC(=O)CN1CCOCC1)C(=O)N[C@@H](Cc1ccccc1)C(=O)NCC(=O)C1(C)CO1. The van der Waals surface area contributed by atoms with Crippen LogP contribution >= 0.6 is 0 Å². The molecule has 260 valence electrons. The smallest absolute Gasteiger partial charge is 0.243 e. The summed E-state index contributed by atoms with van der Waals surface area (Å²) in [6.07, 6.45) is 1.36. The second-order valence-corrected chi connectivity index (χ2v) is 13.1. The van der Waals surface area contributed by atoms with E-state index in [9.17, 15) is 24.0 Å². The number of ether oxygens (including phenoxy) is 2. The molecule has 2 aromatic rings. The van der Waals surface area contributed by atoms with Crippen LogP contribution in [0.2, 0.25) is 0 Å². The van der Waals surface area contributed by atoms with Gasteiger partial charge in [-0.05, 0) is 43.2 Å². The summed E-state index contributed by atoms with van der Waals surface area (Å²) < 4.78 is 10.6. The summed E-state index contributed by atoms with van der Waals surface area (Å²) >= 11 is 0. The van der Waals surface area contributed by atoms with Crippen molar-refractivity contribution in [2.75, 3.05) is 46.0 Å². The number of carbonyl (C=O) groups excluding carboxylic acids is 5. The molecule has 2 unspecified atom stereocenters. The van der Waals surface area contributed by atoms with E-state index in [1.54, 1.807) is 6.92 Å². The van der Waals surface area contributed by atoms with E-state index in [2.05, 4.69) is 21.3 Å². The third-order valence-corrected chi connectivity index (χ3v) is 8.53. The molecule has 0 bridgehead atoms. The molecule has 2 aliphatic rings. The quantitative estimate of drug-likeness (QED) is 0.173.